The molecule has 7 heteroatoms. The number of anilines is 1. The Balaban J connectivity index is 1.84. The predicted octanol–water partition coefficient (Wildman–Crippen LogP) is 3.03. The van der Waals surface area contributed by atoms with Gasteiger partial charge in [0.2, 0.25) is 0 Å². The van der Waals surface area contributed by atoms with Crippen molar-refractivity contribution in [2.75, 3.05) is 5.73 Å². The van der Waals surface area contributed by atoms with E-state index >= 15 is 0 Å². The van der Waals surface area contributed by atoms with Crippen molar-refractivity contribution >= 4 is 22.9 Å². The molecule has 0 unspecified atom stereocenters. The maximum atomic E-state index is 6.00. The Morgan fingerprint density at radius 3 is 2.61 bits per heavy atom. The van der Waals surface area contributed by atoms with Gasteiger partial charge in [-0.15, -0.1) is 0 Å². The van der Waals surface area contributed by atoms with Crippen LogP contribution >= 0.6 is 11.6 Å². The first-order valence-electron chi connectivity index (χ1n) is 7.00. The Bertz CT molecular complexity index is 996. The van der Waals surface area contributed by atoms with Crippen LogP contribution in [0, 0.1) is 0 Å². The van der Waals surface area contributed by atoms with Gasteiger partial charge in [-0.2, -0.15) is 10.2 Å². The first-order chi connectivity index (χ1) is 11.1. The molecule has 4 heterocycles. The third-order valence-corrected chi connectivity index (χ3v) is 3.87. The van der Waals surface area contributed by atoms with Gasteiger partial charge in [-0.3, -0.25) is 4.68 Å². The van der Waals surface area contributed by atoms with Gasteiger partial charge in [0, 0.05) is 36.1 Å². The average molecular weight is 325 g/mol. The molecular formula is C16H13ClN6. The molecule has 114 valence electrons. The number of hydrogen-bond acceptors (Lipinski definition) is 4. The molecule has 4 aromatic heterocycles. The minimum Gasteiger partial charge on any atom is -0.384 e. The molecule has 0 saturated heterocycles. The lowest BCUT2D eigenvalue weighted by Gasteiger charge is -2.03. The monoisotopic (exact) mass is 324 g/mol. The second-order valence-corrected chi connectivity index (χ2v) is 5.70. The highest BCUT2D eigenvalue weighted by Crippen LogP contribution is 2.29. The van der Waals surface area contributed by atoms with Gasteiger partial charge < -0.3 is 5.73 Å². The predicted molar refractivity (Wildman–Crippen MR) is 90.0 cm³/mol. The molecule has 0 aliphatic carbocycles. The summed E-state index contributed by atoms with van der Waals surface area (Å²) < 4.78 is 3.61. The molecule has 4 rings (SSSR count). The highest BCUT2D eigenvalue weighted by molar-refractivity contribution is 6.29. The summed E-state index contributed by atoms with van der Waals surface area (Å²) in [5.41, 5.74) is 10.7. The molecule has 0 aliphatic heterocycles. The van der Waals surface area contributed by atoms with Crippen molar-refractivity contribution in [1.82, 2.24) is 24.4 Å². The number of nitrogens with zero attached hydrogens (tertiary/aromatic N) is 5. The number of nitrogens with two attached hydrogens (primary N) is 1. The van der Waals surface area contributed by atoms with Gasteiger partial charge in [0.1, 0.15) is 11.0 Å². The Kier molecular flexibility index (Phi) is 3.06. The van der Waals surface area contributed by atoms with Gasteiger partial charge in [-0.25, -0.2) is 9.50 Å². The van der Waals surface area contributed by atoms with Gasteiger partial charge in [0.05, 0.1) is 17.9 Å². The van der Waals surface area contributed by atoms with Crippen molar-refractivity contribution in [2.45, 2.75) is 0 Å². The number of rotatable bonds is 2. The van der Waals surface area contributed by atoms with E-state index in [-0.39, 0.29) is 0 Å². The van der Waals surface area contributed by atoms with Crippen molar-refractivity contribution < 1.29 is 0 Å². The van der Waals surface area contributed by atoms with Crippen molar-refractivity contribution in [2.24, 2.45) is 7.05 Å². The van der Waals surface area contributed by atoms with E-state index in [4.69, 9.17) is 17.3 Å². The van der Waals surface area contributed by atoms with Crippen LogP contribution < -0.4 is 5.73 Å². The van der Waals surface area contributed by atoms with Crippen LogP contribution in [0.5, 0.6) is 0 Å². The van der Waals surface area contributed by atoms with E-state index < -0.39 is 0 Å². The van der Waals surface area contributed by atoms with Crippen LogP contribution in [-0.4, -0.2) is 24.4 Å². The first-order valence-corrected chi connectivity index (χ1v) is 7.38. The lowest BCUT2D eigenvalue weighted by Crippen LogP contribution is -1.91. The number of pyridine rings is 2. The van der Waals surface area contributed by atoms with E-state index in [0.717, 1.165) is 27.8 Å². The summed E-state index contributed by atoms with van der Waals surface area (Å²) in [5.74, 6) is 0.388. The van der Waals surface area contributed by atoms with Gasteiger partial charge in [-0.1, -0.05) is 17.7 Å². The summed E-state index contributed by atoms with van der Waals surface area (Å²) in [7, 11) is 1.89. The summed E-state index contributed by atoms with van der Waals surface area (Å²) in [6.45, 7) is 0. The molecule has 0 aromatic carbocycles. The number of fused-ring (bicyclic) bond motifs is 1. The van der Waals surface area contributed by atoms with Crippen LogP contribution in [0.1, 0.15) is 0 Å². The second kappa shape index (κ2) is 5.10. The molecule has 0 saturated carbocycles. The molecule has 0 fully saturated rings. The average Bonchev–Trinajstić information content (AvgIpc) is 3.11. The molecule has 0 aliphatic rings. The summed E-state index contributed by atoms with van der Waals surface area (Å²) in [5, 5.41) is 9.00. The summed E-state index contributed by atoms with van der Waals surface area (Å²) in [6.07, 6.45) is 7.57. The van der Waals surface area contributed by atoms with Crippen molar-refractivity contribution in [3.8, 4) is 22.3 Å². The minimum absolute atomic E-state index is 0.367. The fourth-order valence-electron chi connectivity index (χ4n) is 2.62. The normalized spacial score (nSPS) is 11.2. The minimum atomic E-state index is 0.367. The van der Waals surface area contributed by atoms with Gasteiger partial charge in [0.15, 0.2) is 0 Å². The quantitative estimate of drug-likeness (QED) is 0.575. The lowest BCUT2D eigenvalue weighted by atomic mass is 10.1. The number of nitrogen functional groups attached to an aromatic ring is 1. The van der Waals surface area contributed by atoms with Crippen LogP contribution in [0.15, 0.2) is 49.1 Å². The van der Waals surface area contributed by atoms with E-state index in [1.165, 1.54) is 0 Å². The third-order valence-electron chi connectivity index (χ3n) is 3.68. The van der Waals surface area contributed by atoms with Crippen LogP contribution in [0.4, 0.5) is 5.82 Å². The molecule has 6 nitrogen and oxygen atoms in total. The number of aryl methyl sites for hydroxylation is 1. The smallest absolute Gasteiger partial charge is 0.132 e. The van der Waals surface area contributed by atoms with Crippen LogP contribution in [0.2, 0.25) is 5.15 Å². The zero-order valence-electron chi connectivity index (χ0n) is 12.3. The van der Waals surface area contributed by atoms with Crippen LogP contribution in [0.25, 0.3) is 27.8 Å². The fraction of sp³-hybridized carbons (Fsp3) is 0.0625. The Hall–Kier alpha value is -2.86. The number of hydrogen-bond donors (Lipinski definition) is 1. The maximum Gasteiger partial charge on any atom is 0.132 e. The zero-order valence-corrected chi connectivity index (χ0v) is 13.1. The molecule has 0 radical (unpaired) electrons. The Morgan fingerprint density at radius 1 is 1.00 bits per heavy atom. The van der Waals surface area contributed by atoms with E-state index in [9.17, 15) is 0 Å². The molecule has 0 spiro atoms. The van der Waals surface area contributed by atoms with Crippen molar-refractivity contribution in [3.63, 3.8) is 0 Å². The largest absolute Gasteiger partial charge is 0.384 e. The van der Waals surface area contributed by atoms with E-state index in [2.05, 4.69) is 15.2 Å². The second-order valence-electron chi connectivity index (χ2n) is 5.31. The summed E-state index contributed by atoms with van der Waals surface area (Å²) in [4.78, 5) is 3.99. The Labute approximate surface area is 137 Å². The molecule has 0 atom stereocenters. The van der Waals surface area contributed by atoms with Gasteiger partial charge >= 0.3 is 0 Å². The van der Waals surface area contributed by atoms with E-state index in [0.29, 0.717) is 11.0 Å². The van der Waals surface area contributed by atoms with E-state index in [1.807, 2.05) is 42.3 Å². The van der Waals surface area contributed by atoms with Gasteiger partial charge in [0.25, 0.3) is 0 Å². The molecule has 0 amide bonds. The van der Waals surface area contributed by atoms with E-state index in [1.54, 1.807) is 23.0 Å². The maximum absolute atomic E-state index is 6.00. The highest BCUT2D eigenvalue weighted by atomic mass is 35.5. The SMILES string of the molecule is Cn1cc(-c2ccc3c(-c4cc(N)nc(Cl)c4)cnn3c2)cn1. The lowest BCUT2D eigenvalue weighted by molar-refractivity contribution is 0.768. The fourth-order valence-corrected chi connectivity index (χ4v) is 2.84. The Morgan fingerprint density at radius 2 is 1.87 bits per heavy atom. The van der Waals surface area contributed by atoms with Crippen molar-refractivity contribution in [1.29, 1.82) is 0 Å². The van der Waals surface area contributed by atoms with Gasteiger partial charge in [-0.05, 0) is 23.8 Å². The topological polar surface area (TPSA) is 74.0 Å². The molecule has 2 N–H and O–H groups in total. The first kappa shape index (κ1) is 13.8. The van der Waals surface area contributed by atoms with Crippen molar-refractivity contribution in [3.05, 3.63) is 54.2 Å². The third kappa shape index (κ3) is 2.43. The zero-order chi connectivity index (χ0) is 16.0. The molecular weight excluding hydrogens is 312 g/mol. The van der Waals surface area contributed by atoms with Crippen LogP contribution in [-0.2, 0) is 7.05 Å². The molecule has 23 heavy (non-hydrogen) atoms. The summed E-state index contributed by atoms with van der Waals surface area (Å²) in [6, 6.07) is 7.64. The van der Waals surface area contributed by atoms with Crippen LogP contribution in [0.3, 0.4) is 0 Å². The molecule has 4 aromatic rings. The molecule has 0 bridgehead atoms. The standard InChI is InChI=1S/C16H13ClN6/c1-22-8-12(6-19-22)10-2-3-14-13(7-20-23(14)9-10)11-4-15(17)21-16(18)5-11/h2-9H,1H3,(H2,18,21). The highest BCUT2D eigenvalue weighted by Gasteiger charge is 2.10. The number of halogens is 1. The number of aromatic nitrogens is 5. The summed E-state index contributed by atoms with van der Waals surface area (Å²) >= 11 is 6.00.